The van der Waals surface area contributed by atoms with E-state index in [1.54, 1.807) is 0 Å². The van der Waals surface area contributed by atoms with Gasteiger partial charge in [0, 0.05) is 5.69 Å². The molecule has 2 N–H and O–H groups in total. The lowest BCUT2D eigenvalue weighted by atomic mass is 10.2. The lowest BCUT2D eigenvalue weighted by Gasteiger charge is -2.11. The number of urea groups is 1. The van der Waals surface area contributed by atoms with E-state index in [0.717, 1.165) is 23.4 Å². The van der Waals surface area contributed by atoms with Gasteiger partial charge < -0.3 is 15.4 Å². The van der Waals surface area contributed by atoms with E-state index in [1.807, 2.05) is 31.2 Å². The quantitative estimate of drug-likeness (QED) is 0.802. The van der Waals surface area contributed by atoms with Crippen molar-refractivity contribution in [3.63, 3.8) is 0 Å². The molecule has 4 nitrogen and oxygen atoms in total. The summed E-state index contributed by atoms with van der Waals surface area (Å²) in [6, 6.07) is 11.2. The maximum absolute atomic E-state index is 12.4. The third-order valence-corrected chi connectivity index (χ3v) is 3.21. The van der Waals surface area contributed by atoms with Crippen LogP contribution in [-0.4, -0.2) is 19.2 Å². The third kappa shape index (κ3) is 5.19. The zero-order valence-electron chi connectivity index (χ0n) is 13.0. The van der Waals surface area contributed by atoms with Gasteiger partial charge in [0.25, 0.3) is 0 Å². The lowest BCUT2D eigenvalue weighted by Crippen LogP contribution is -2.32. The molecule has 2 aromatic rings. The fourth-order valence-electron chi connectivity index (χ4n) is 1.96. The van der Waals surface area contributed by atoms with Gasteiger partial charge in [-0.2, -0.15) is 13.2 Å². The molecule has 2 amide bonds. The average Bonchev–Trinajstić information content (AvgIpc) is 2.53. The number of alkyl halides is 3. The highest BCUT2D eigenvalue weighted by molar-refractivity contribution is 5.89. The Morgan fingerprint density at radius 1 is 1.08 bits per heavy atom. The van der Waals surface area contributed by atoms with Crippen molar-refractivity contribution < 1.29 is 22.7 Å². The molecule has 24 heavy (non-hydrogen) atoms. The van der Waals surface area contributed by atoms with Crippen LogP contribution in [0, 0.1) is 6.92 Å². The number of nitrogens with one attached hydrogen (secondary N) is 2. The SMILES string of the molecule is Cc1ccccc1OCCNC(=O)Nc1ccc(C(F)(F)F)cc1. The first kappa shape index (κ1) is 17.7. The van der Waals surface area contributed by atoms with Crippen molar-refractivity contribution in [3.05, 3.63) is 59.7 Å². The number of amides is 2. The van der Waals surface area contributed by atoms with Gasteiger partial charge in [-0.05, 0) is 42.8 Å². The van der Waals surface area contributed by atoms with Gasteiger partial charge in [-0.1, -0.05) is 18.2 Å². The zero-order valence-corrected chi connectivity index (χ0v) is 13.0. The predicted octanol–water partition coefficient (Wildman–Crippen LogP) is 4.21. The second kappa shape index (κ2) is 7.72. The molecule has 0 aromatic heterocycles. The van der Waals surface area contributed by atoms with Crippen molar-refractivity contribution >= 4 is 11.7 Å². The monoisotopic (exact) mass is 338 g/mol. The maximum atomic E-state index is 12.4. The number of aryl methyl sites for hydroxylation is 1. The molecule has 0 saturated heterocycles. The van der Waals surface area contributed by atoms with Crippen LogP contribution in [0.4, 0.5) is 23.7 Å². The largest absolute Gasteiger partial charge is 0.491 e. The molecule has 0 unspecified atom stereocenters. The van der Waals surface area contributed by atoms with Gasteiger partial charge in [-0.3, -0.25) is 0 Å². The molecule has 0 radical (unpaired) electrons. The summed E-state index contributed by atoms with van der Waals surface area (Å²) in [6.07, 6.45) is -4.40. The van der Waals surface area contributed by atoms with Gasteiger partial charge in [-0.25, -0.2) is 4.79 Å². The molecule has 0 aliphatic carbocycles. The fraction of sp³-hybridized carbons (Fsp3) is 0.235. The fourth-order valence-corrected chi connectivity index (χ4v) is 1.96. The molecule has 2 rings (SSSR count). The summed E-state index contributed by atoms with van der Waals surface area (Å²) in [6.45, 7) is 2.46. The highest BCUT2D eigenvalue weighted by atomic mass is 19.4. The van der Waals surface area contributed by atoms with Crippen molar-refractivity contribution in [1.82, 2.24) is 5.32 Å². The summed E-state index contributed by atoms with van der Waals surface area (Å²) >= 11 is 0. The molecule has 2 aromatic carbocycles. The van der Waals surface area contributed by atoms with Gasteiger partial charge >= 0.3 is 12.2 Å². The zero-order chi connectivity index (χ0) is 17.6. The number of hydrogen-bond donors (Lipinski definition) is 2. The number of anilines is 1. The van der Waals surface area contributed by atoms with Crippen molar-refractivity contribution in [2.75, 3.05) is 18.5 Å². The summed E-state index contributed by atoms with van der Waals surface area (Å²) in [4.78, 5) is 11.7. The summed E-state index contributed by atoms with van der Waals surface area (Å²) in [5.41, 5.74) is 0.507. The Balaban J connectivity index is 1.74. The number of rotatable bonds is 5. The summed E-state index contributed by atoms with van der Waals surface area (Å²) in [5, 5.41) is 5.03. The van der Waals surface area contributed by atoms with Crippen molar-refractivity contribution in [2.45, 2.75) is 13.1 Å². The van der Waals surface area contributed by atoms with Crippen LogP contribution in [0.25, 0.3) is 0 Å². The van der Waals surface area contributed by atoms with Gasteiger partial charge in [0.05, 0.1) is 12.1 Å². The Hall–Kier alpha value is -2.70. The molecule has 7 heteroatoms. The second-order valence-electron chi connectivity index (χ2n) is 5.07. The van der Waals surface area contributed by atoms with Crippen LogP contribution in [0.15, 0.2) is 48.5 Å². The molecule has 128 valence electrons. The van der Waals surface area contributed by atoms with Crippen LogP contribution >= 0.6 is 0 Å². The van der Waals surface area contributed by atoms with Crippen LogP contribution in [-0.2, 0) is 6.18 Å². The molecule has 0 fully saturated rings. The summed E-state index contributed by atoms with van der Waals surface area (Å²) in [7, 11) is 0. The maximum Gasteiger partial charge on any atom is 0.416 e. The number of ether oxygens (including phenoxy) is 1. The Morgan fingerprint density at radius 3 is 2.38 bits per heavy atom. The highest BCUT2D eigenvalue weighted by Crippen LogP contribution is 2.29. The minimum atomic E-state index is -4.40. The third-order valence-electron chi connectivity index (χ3n) is 3.21. The van der Waals surface area contributed by atoms with E-state index < -0.39 is 17.8 Å². The first-order chi connectivity index (χ1) is 11.4. The Labute approximate surface area is 137 Å². The van der Waals surface area contributed by atoms with Crippen molar-refractivity contribution in [3.8, 4) is 5.75 Å². The topological polar surface area (TPSA) is 50.4 Å². The number of benzene rings is 2. The van der Waals surface area contributed by atoms with E-state index in [0.29, 0.717) is 0 Å². The standard InChI is InChI=1S/C17H17F3N2O2/c1-12-4-2-3-5-15(12)24-11-10-21-16(23)22-14-8-6-13(7-9-14)17(18,19)20/h2-9H,10-11H2,1H3,(H2,21,22,23). The van der Waals surface area contributed by atoms with Crippen molar-refractivity contribution in [1.29, 1.82) is 0 Å². The minimum Gasteiger partial charge on any atom is -0.491 e. The lowest BCUT2D eigenvalue weighted by molar-refractivity contribution is -0.137. The molecule has 0 heterocycles. The molecular formula is C17H17F3N2O2. The van der Waals surface area contributed by atoms with E-state index in [4.69, 9.17) is 4.74 Å². The molecular weight excluding hydrogens is 321 g/mol. The van der Waals surface area contributed by atoms with Gasteiger partial charge in [0.1, 0.15) is 12.4 Å². The Morgan fingerprint density at radius 2 is 1.75 bits per heavy atom. The van der Waals surface area contributed by atoms with Gasteiger partial charge in [0.2, 0.25) is 0 Å². The van der Waals surface area contributed by atoms with Gasteiger partial charge in [0.15, 0.2) is 0 Å². The normalized spacial score (nSPS) is 11.0. The minimum absolute atomic E-state index is 0.265. The van der Waals surface area contributed by atoms with E-state index in [2.05, 4.69) is 10.6 Å². The van der Waals surface area contributed by atoms with E-state index in [9.17, 15) is 18.0 Å². The number of carbonyl (C=O) groups excluding carboxylic acids is 1. The number of carbonyl (C=O) groups is 1. The van der Waals surface area contributed by atoms with E-state index in [-0.39, 0.29) is 18.8 Å². The van der Waals surface area contributed by atoms with E-state index >= 15 is 0 Å². The number of halogens is 3. The highest BCUT2D eigenvalue weighted by Gasteiger charge is 2.29. The Kier molecular flexibility index (Phi) is 5.68. The number of hydrogen-bond acceptors (Lipinski definition) is 2. The summed E-state index contributed by atoms with van der Waals surface area (Å²) < 4.78 is 42.9. The van der Waals surface area contributed by atoms with E-state index in [1.165, 1.54) is 12.1 Å². The van der Waals surface area contributed by atoms with Gasteiger partial charge in [-0.15, -0.1) is 0 Å². The molecule has 0 aliphatic rings. The second-order valence-corrected chi connectivity index (χ2v) is 5.07. The molecule has 0 bridgehead atoms. The van der Waals surface area contributed by atoms with Crippen LogP contribution in [0.3, 0.4) is 0 Å². The van der Waals surface area contributed by atoms with Crippen LogP contribution in [0.1, 0.15) is 11.1 Å². The number of para-hydroxylation sites is 1. The van der Waals surface area contributed by atoms with Crippen molar-refractivity contribution in [2.24, 2.45) is 0 Å². The first-order valence-electron chi connectivity index (χ1n) is 7.27. The van der Waals surface area contributed by atoms with Crippen LogP contribution in [0.2, 0.25) is 0 Å². The first-order valence-corrected chi connectivity index (χ1v) is 7.27. The molecule has 0 atom stereocenters. The predicted molar refractivity (Wildman–Crippen MR) is 85.1 cm³/mol. The molecule has 0 aliphatic heterocycles. The van der Waals surface area contributed by atoms with Crippen LogP contribution in [0.5, 0.6) is 5.75 Å². The molecule has 0 saturated carbocycles. The Bertz CT molecular complexity index is 685. The van der Waals surface area contributed by atoms with Crippen LogP contribution < -0.4 is 15.4 Å². The summed E-state index contributed by atoms with van der Waals surface area (Å²) in [5.74, 6) is 0.738. The average molecular weight is 338 g/mol. The molecule has 0 spiro atoms. The smallest absolute Gasteiger partial charge is 0.416 e.